The number of thiophene rings is 1. The number of hydrogen-bond donors (Lipinski definition) is 0. The maximum Gasteiger partial charge on any atom is 0.249 e. The SMILES string of the molecule is CCOCCCN(CC(=O)N1CCc2sccc2C1c1ccccc1C)C(=O)COC. The van der Waals surface area contributed by atoms with Gasteiger partial charge in [-0.25, -0.2) is 0 Å². The van der Waals surface area contributed by atoms with Gasteiger partial charge in [0.2, 0.25) is 11.8 Å². The lowest BCUT2D eigenvalue weighted by molar-refractivity contribution is -0.143. The minimum Gasteiger partial charge on any atom is -0.382 e. The van der Waals surface area contributed by atoms with Gasteiger partial charge in [0.05, 0.1) is 12.6 Å². The Bertz CT molecular complexity index is 882. The molecule has 3 rings (SSSR count). The van der Waals surface area contributed by atoms with Crippen LogP contribution in [-0.2, 0) is 25.5 Å². The molecule has 6 nitrogen and oxygen atoms in total. The fourth-order valence-electron chi connectivity index (χ4n) is 4.08. The Labute approximate surface area is 188 Å². The molecule has 1 aromatic carbocycles. The van der Waals surface area contributed by atoms with E-state index in [9.17, 15) is 9.59 Å². The van der Waals surface area contributed by atoms with Crippen LogP contribution in [0.1, 0.15) is 41.0 Å². The molecule has 2 aromatic rings. The number of ether oxygens (including phenoxy) is 2. The average molecular weight is 445 g/mol. The van der Waals surface area contributed by atoms with E-state index in [4.69, 9.17) is 9.47 Å². The van der Waals surface area contributed by atoms with Crippen LogP contribution in [0.3, 0.4) is 0 Å². The highest BCUT2D eigenvalue weighted by molar-refractivity contribution is 7.10. The highest BCUT2D eigenvalue weighted by Gasteiger charge is 2.34. The van der Waals surface area contributed by atoms with Crippen molar-refractivity contribution >= 4 is 23.2 Å². The van der Waals surface area contributed by atoms with Crippen LogP contribution in [0, 0.1) is 6.92 Å². The summed E-state index contributed by atoms with van der Waals surface area (Å²) >= 11 is 1.75. The van der Waals surface area contributed by atoms with Gasteiger partial charge in [-0.15, -0.1) is 11.3 Å². The Morgan fingerprint density at radius 2 is 2.03 bits per heavy atom. The van der Waals surface area contributed by atoms with Crippen LogP contribution in [0.2, 0.25) is 0 Å². The number of benzene rings is 1. The lowest BCUT2D eigenvalue weighted by Crippen LogP contribution is -2.47. The van der Waals surface area contributed by atoms with Crippen LogP contribution >= 0.6 is 11.3 Å². The van der Waals surface area contributed by atoms with Crippen molar-refractivity contribution in [3.8, 4) is 0 Å². The molecule has 7 heteroatoms. The first-order chi connectivity index (χ1) is 15.1. The number of hydrogen-bond acceptors (Lipinski definition) is 5. The van der Waals surface area contributed by atoms with E-state index in [1.807, 2.05) is 24.0 Å². The van der Waals surface area contributed by atoms with E-state index in [0.29, 0.717) is 32.7 Å². The molecule has 2 heterocycles. The van der Waals surface area contributed by atoms with E-state index in [1.165, 1.54) is 17.6 Å². The zero-order chi connectivity index (χ0) is 22.2. The molecule has 0 aliphatic carbocycles. The number of methoxy groups -OCH3 is 1. The lowest BCUT2D eigenvalue weighted by Gasteiger charge is -2.38. The fraction of sp³-hybridized carbons (Fsp3) is 0.500. The van der Waals surface area contributed by atoms with Crippen molar-refractivity contribution in [3.05, 3.63) is 57.3 Å². The first-order valence-electron chi connectivity index (χ1n) is 10.8. The summed E-state index contributed by atoms with van der Waals surface area (Å²) in [5.41, 5.74) is 3.50. The molecule has 168 valence electrons. The number of aryl methyl sites for hydroxylation is 1. The van der Waals surface area contributed by atoms with E-state index in [-0.39, 0.29) is 31.0 Å². The molecule has 1 aliphatic heterocycles. The van der Waals surface area contributed by atoms with Crippen LogP contribution in [-0.4, -0.2) is 68.2 Å². The Morgan fingerprint density at radius 3 is 2.77 bits per heavy atom. The van der Waals surface area contributed by atoms with Crippen molar-refractivity contribution in [2.45, 2.75) is 32.7 Å². The average Bonchev–Trinajstić information content (AvgIpc) is 3.24. The molecule has 1 aliphatic rings. The zero-order valence-corrected chi connectivity index (χ0v) is 19.5. The van der Waals surface area contributed by atoms with Crippen LogP contribution < -0.4 is 0 Å². The van der Waals surface area contributed by atoms with Crippen LogP contribution in [0.15, 0.2) is 35.7 Å². The van der Waals surface area contributed by atoms with E-state index < -0.39 is 0 Å². The van der Waals surface area contributed by atoms with E-state index >= 15 is 0 Å². The molecule has 2 amide bonds. The molecule has 0 saturated carbocycles. The Kier molecular flexibility index (Phi) is 8.63. The summed E-state index contributed by atoms with van der Waals surface area (Å²) in [5.74, 6) is -0.209. The molecular formula is C24H32N2O4S. The van der Waals surface area contributed by atoms with Gasteiger partial charge in [0, 0.05) is 38.3 Å². The van der Waals surface area contributed by atoms with Gasteiger partial charge in [0.1, 0.15) is 6.61 Å². The molecule has 1 atom stereocenters. The molecule has 0 N–H and O–H groups in total. The van der Waals surface area contributed by atoms with E-state index in [0.717, 1.165) is 17.5 Å². The van der Waals surface area contributed by atoms with Crippen molar-refractivity contribution in [2.75, 3.05) is 46.6 Å². The zero-order valence-electron chi connectivity index (χ0n) is 18.6. The third-order valence-corrected chi connectivity index (χ3v) is 6.63. The minimum absolute atomic E-state index is 0.0299. The quantitative estimate of drug-likeness (QED) is 0.527. The van der Waals surface area contributed by atoms with Gasteiger partial charge in [-0.1, -0.05) is 24.3 Å². The molecule has 1 aromatic heterocycles. The number of fused-ring (bicyclic) bond motifs is 1. The van der Waals surface area contributed by atoms with Crippen LogP contribution in [0.25, 0.3) is 0 Å². The second-order valence-electron chi connectivity index (χ2n) is 7.69. The Balaban J connectivity index is 1.81. The normalized spacial score (nSPS) is 15.6. The largest absolute Gasteiger partial charge is 0.382 e. The van der Waals surface area contributed by atoms with Crippen molar-refractivity contribution in [2.24, 2.45) is 0 Å². The van der Waals surface area contributed by atoms with Crippen LogP contribution in [0.5, 0.6) is 0 Å². The number of rotatable bonds is 10. The first kappa shape index (κ1) is 23.4. The molecule has 1 unspecified atom stereocenters. The van der Waals surface area contributed by atoms with E-state index in [2.05, 4.69) is 30.5 Å². The fourth-order valence-corrected chi connectivity index (χ4v) is 4.98. The number of nitrogens with zero attached hydrogens (tertiary/aromatic N) is 2. The highest BCUT2D eigenvalue weighted by Crippen LogP contribution is 2.38. The summed E-state index contributed by atoms with van der Waals surface area (Å²) in [4.78, 5) is 30.9. The number of amides is 2. The predicted octanol–water partition coefficient (Wildman–Crippen LogP) is 3.43. The second-order valence-corrected chi connectivity index (χ2v) is 8.69. The summed E-state index contributed by atoms with van der Waals surface area (Å²) in [7, 11) is 1.50. The maximum absolute atomic E-state index is 13.5. The van der Waals surface area contributed by atoms with Crippen molar-refractivity contribution in [3.63, 3.8) is 0 Å². The summed E-state index contributed by atoms with van der Waals surface area (Å²) in [6.45, 7) is 6.37. The predicted molar refractivity (Wildman–Crippen MR) is 122 cm³/mol. The number of carbonyl (C=O) groups excluding carboxylic acids is 2. The van der Waals surface area contributed by atoms with Gasteiger partial charge in [0.25, 0.3) is 0 Å². The van der Waals surface area contributed by atoms with Crippen molar-refractivity contribution in [1.29, 1.82) is 0 Å². The smallest absolute Gasteiger partial charge is 0.249 e. The molecule has 31 heavy (non-hydrogen) atoms. The summed E-state index contributed by atoms with van der Waals surface area (Å²) in [6, 6.07) is 10.2. The molecule has 0 fully saturated rings. The third-order valence-electron chi connectivity index (χ3n) is 5.64. The van der Waals surface area contributed by atoms with E-state index in [1.54, 1.807) is 16.2 Å². The second kappa shape index (κ2) is 11.4. The standard InChI is InChI=1S/C24H32N2O4S/c1-4-30-14-7-12-25(23(28)17-29-3)16-22(27)26-13-10-21-20(11-15-31-21)24(26)19-9-6-5-8-18(19)2/h5-6,8-9,11,15,24H,4,7,10,12-14,16-17H2,1-3H3. The van der Waals surface area contributed by atoms with Gasteiger partial charge >= 0.3 is 0 Å². The Hall–Kier alpha value is -2.22. The molecule has 0 spiro atoms. The molecule has 0 radical (unpaired) electrons. The summed E-state index contributed by atoms with van der Waals surface area (Å²) in [5, 5.41) is 2.10. The van der Waals surface area contributed by atoms with Crippen molar-refractivity contribution in [1.82, 2.24) is 9.80 Å². The molecular weight excluding hydrogens is 412 g/mol. The van der Waals surface area contributed by atoms with Gasteiger partial charge in [-0.2, -0.15) is 0 Å². The number of carbonyl (C=O) groups is 2. The summed E-state index contributed by atoms with van der Waals surface area (Å²) in [6.07, 6.45) is 1.53. The molecule has 0 saturated heterocycles. The van der Waals surface area contributed by atoms with Gasteiger partial charge < -0.3 is 19.3 Å². The highest BCUT2D eigenvalue weighted by atomic mass is 32.1. The van der Waals surface area contributed by atoms with Gasteiger partial charge in [-0.05, 0) is 54.8 Å². The van der Waals surface area contributed by atoms with Gasteiger partial charge in [-0.3, -0.25) is 9.59 Å². The van der Waals surface area contributed by atoms with Crippen molar-refractivity contribution < 1.29 is 19.1 Å². The Morgan fingerprint density at radius 1 is 1.23 bits per heavy atom. The van der Waals surface area contributed by atoms with Crippen LogP contribution in [0.4, 0.5) is 0 Å². The van der Waals surface area contributed by atoms with Gasteiger partial charge in [0.15, 0.2) is 0 Å². The first-order valence-corrected chi connectivity index (χ1v) is 11.7. The molecule has 0 bridgehead atoms. The topological polar surface area (TPSA) is 59.1 Å². The lowest BCUT2D eigenvalue weighted by atomic mass is 9.90. The summed E-state index contributed by atoms with van der Waals surface area (Å²) < 4.78 is 10.4. The monoisotopic (exact) mass is 444 g/mol. The minimum atomic E-state index is -0.173. The third kappa shape index (κ3) is 5.73. The maximum atomic E-state index is 13.5.